The summed E-state index contributed by atoms with van der Waals surface area (Å²) in [5.74, 6) is -0.545. The van der Waals surface area contributed by atoms with Gasteiger partial charge in [0, 0.05) is 11.0 Å². The lowest BCUT2D eigenvalue weighted by molar-refractivity contribution is -0.128. The van der Waals surface area contributed by atoms with Crippen molar-refractivity contribution in [1.29, 1.82) is 0 Å². The number of amides is 3. The number of urea groups is 1. The molecule has 6 heteroatoms. The Bertz CT molecular complexity index is 542. The van der Waals surface area contributed by atoms with Gasteiger partial charge in [0.05, 0.1) is 6.54 Å². The van der Waals surface area contributed by atoms with E-state index in [9.17, 15) is 14.0 Å². The molecule has 0 N–H and O–H groups in total. The summed E-state index contributed by atoms with van der Waals surface area (Å²) < 4.78 is 13.9. The van der Waals surface area contributed by atoms with Gasteiger partial charge in [-0.2, -0.15) is 0 Å². The fourth-order valence-corrected chi connectivity index (χ4v) is 3.03. The monoisotopic (exact) mass is 326 g/mol. The first-order valence-corrected chi connectivity index (χ1v) is 6.93. The molecular formula is C13H12BrFN2O2. The summed E-state index contributed by atoms with van der Waals surface area (Å²) in [5, 5.41) is 0. The van der Waals surface area contributed by atoms with Crippen LogP contribution in [-0.2, 0) is 11.3 Å². The summed E-state index contributed by atoms with van der Waals surface area (Å²) in [6, 6.07) is 3.69. The second-order valence-corrected chi connectivity index (χ2v) is 5.65. The Morgan fingerprint density at radius 2 is 2.16 bits per heavy atom. The maximum absolute atomic E-state index is 13.2. The lowest BCUT2D eigenvalue weighted by Gasteiger charge is -2.16. The van der Waals surface area contributed by atoms with E-state index in [1.807, 2.05) is 0 Å². The normalized spacial score (nSPS) is 22.3. The van der Waals surface area contributed by atoms with E-state index >= 15 is 0 Å². The van der Waals surface area contributed by atoms with Crippen molar-refractivity contribution in [2.45, 2.75) is 25.4 Å². The Morgan fingerprint density at radius 1 is 1.37 bits per heavy atom. The zero-order valence-corrected chi connectivity index (χ0v) is 11.7. The molecule has 1 aromatic rings. The summed E-state index contributed by atoms with van der Waals surface area (Å²) in [5.41, 5.74) is 0.600. The Kier molecular flexibility index (Phi) is 3.05. The van der Waals surface area contributed by atoms with Gasteiger partial charge in [-0.1, -0.05) is 15.9 Å². The fourth-order valence-electron chi connectivity index (χ4n) is 2.66. The minimum Gasteiger partial charge on any atom is -0.312 e. The third-order valence-corrected chi connectivity index (χ3v) is 4.39. The molecule has 0 aromatic heterocycles. The van der Waals surface area contributed by atoms with Gasteiger partial charge < -0.3 is 4.90 Å². The third-order valence-electron chi connectivity index (χ3n) is 3.62. The fraction of sp³-hybridized carbons (Fsp3) is 0.385. The minimum atomic E-state index is -0.377. The highest BCUT2D eigenvalue weighted by Gasteiger charge is 2.47. The number of nitrogens with zero attached hydrogens (tertiary/aromatic N) is 2. The van der Waals surface area contributed by atoms with Crippen LogP contribution in [0, 0.1) is 5.82 Å². The van der Waals surface area contributed by atoms with Gasteiger partial charge in [0.1, 0.15) is 11.9 Å². The van der Waals surface area contributed by atoms with E-state index < -0.39 is 0 Å². The first-order valence-electron chi connectivity index (χ1n) is 6.14. The molecule has 0 saturated carbocycles. The maximum Gasteiger partial charge on any atom is 0.327 e. The third kappa shape index (κ3) is 2.04. The number of carbonyl (C=O) groups is 2. The summed E-state index contributed by atoms with van der Waals surface area (Å²) in [7, 11) is 0. The summed E-state index contributed by atoms with van der Waals surface area (Å²) in [6.45, 7) is 0.749. The van der Waals surface area contributed by atoms with Crippen molar-refractivity contribution in [2.24, 2.45) is 0 Å². The average molecular weight is 327 g/mol. The molecule has 2 saturated heterocycles. The van der Waals surface area contributed by atoms with E-state index in [1.54, 1.807) is 11.0 Å². The van der Waals surface area contributed by atoms with Crippen LogP contribution in [0.1, 0.15) is 18.4 Å². The lowest BCUT2D eigenvalue weighted by Crippen LogP contribution is -2.32. The van der Waals surface area contributed by atoms with Gasteiger partial charge in [-0.25, -0.2) is 9.18 Å². The van der Waals surface area contributed by atoms with Gasteiger partial charge in [0.2, 0.25) is 0 Å². The average Bonchev–Trinajstić information content (AvgIpc) is 2.94. The molecule has 0 aliphatic carbocycles. The van der Waals surface area contributed by atoms with E-state index in [0.717, 1.165) is 12.8 Å². The number of rotatable bonds is 2. The number of fused-ring (bicyclic) bond motifs is 1. The quantitative estimate of drug-likeness (QED) is 0.783. The number of hydrogen-bond acceptors (Lipinski definition) is 2. The highest BCUT2D eigenvalue weighted by molar-refractivity contribution is 9.10. The van der Waals surface area contributed by atoms with Crippen molar-refractivity contribution in [3.63, 3.8) is 0 Å². The Morgan fingerprint density at radius 3 is 2.89 bits per heavy atom. The molecule has 1 atom stereocenters. The molecule has 4 nitrogen and oxygen atoms in total. The molecule has 0 bridgehead atoms. The zero-order chi connectivity index (χ0) is 13.6. The molecule has 0 spiro atoms. The molecule has 19 heavy (non-hydrogen) atoms. The van der Waals surface area contributed by atoms with E-state index in [4.69, 9.17) is 0 Å². The molecule has 3 amide bonds. The SMILES string of the molecule is O=C1[C@@H]2CCCN2C(=O)N1Cc1cc(F)ccc1Br. The largest absolute Gasteiger partial charge is 0.327 e. The summed E-state index contributed by atoms with van der Waals surface area (Å²) in [6.07, 6.45) is 1.60. The molecule has 2 aliphatic rings. The number of imide groups is 1. The molecule has 100 valence electrons. The van der Waals surface area contributed by atoms with Gasteiger partial charge in [-0.3, -0.25) is 9.69 Å². The molecule has 2 fully saturated rings. The Labute approximate surface area is 118 Å². The van der Waals surface area contributed by atoms with E-state index in [-0.39, 0.29) is 30.3 Å². The highest BCUT2D eigenvalue weighted by atomic mass is 79.9. The van der Waals surface area contributed by atoms with Gasteiger partial charge >= 0.3 is 6.03 Å². The van der Waals surface area contributed by atoms with Crippen LogP contribution in [0.15, 0.2) is 22.7 Å². The van der Waals surface area contributed by atoms with Gasteiger partial charge in [-0.05, 0) is 36.6 Å². The lowest BCUT2D eigenvalue weighted by atomic mass is 10.2. The molecular weight excluding hydrogens is 315 g/mol. The van der Waals surface area contributed by atoms with Crippen LogP contribution in [0.3, 0.4) is 0 Å². The number of hydrogen-bond donors (Lipinski definition) is 0. The Balaban J connectivity index is 1.86. The van der Waals surface area contributed by atoms with E-state index in [0.29, 0.717) is 16.6 Å². The van der Waals surface area contributed by atoms with Crippen molar-refractivity contribution in [2.75, 3.05) is 6.54 Å². The van der Waals surface area contributed by atoms with Crippen LogP contribution in [0.2, 0.25) is 0 Å². The van der Waals surface area contributed by atoms with Crippen LogP contribution < -0.4 is 0 Å². The van der Waals surface area contributed by atoms with Crippen LogP contribution >= 0.6 is 15.9 Å². The minimum absolute atomic E-state index is 0.114. The van der Waals surface area contributed by atoms with Crippen LogP contribution in [0.4, 0.5) is 9.18 Å². The van der Waals surface area contributed by atoms with Crippen molar-refractivity contribution in [3.8, 4) is 0 Å². The summed E-state index contributed by atoms with van der Waals surface area (Å²) in [4.78, 5) is 27.1. The Hall–Kier alpha value is -1.43. The second-order valence-electron chi connectivity index (χ2n) is 4.79. The first kappa shape index (κ1) is 12.6. The molecule has 2 heterocycles. The maximum atomic E-state index is 13.2. The number of halogens is 2. The smallest absolute Gasteiger partial charge is 0.312 e. The standard InChI is InChI=1S/C13H12BrFN2O2/c14-10-4-3-9(15)6-8(10)7-17-12(18)11-2-1-5-16(11)13(17)19/h3-4,6,11H,1-2,5,7H2/t11-/m0/s1. The van der Waals surface area contributed by atoms with Crippen molar-refractivity contribution in [3.05, 3.63) is 34.1 Å². The molecule has 0 unspecified atom stereocenters. The van der Waals surface area contributed by atoms with Crippen LogP contribution in [0.25, 0.3) is 0 Å². The van der Waals surface area contributed by atoms with Gasteiger partial charge in [-0.15, -0.1) is 0 Å². The predicted octanol–water partition coefficient (Wildman–Crippen LogP) is 2.51. The topological polar surface area (TPSA) is 40.6 Å². The first-order chi connectivity index (χ1) is 9.08. The van der Waals surface area contributed by atoms with E-state index in [1.165, 1.54) is 17.0 Å². The number of carbonyl (C=O) groups excluding carboxylic acids is 2. The number of benzene rings is 1. The van der Waals surface area contributed by atoms with Gasteiger partial charge in [0.25, 0.3) is 5.91 Å². The zero-order valence-electron chi connectivity index (χ0n) is 10.1. The second kappa shape index (κ2) is 4.59. The van der Waals surface area contributed by atoms with Crippen LogP contribution in [-0.4, -0.2) is 34.3 Å². The van der Waals surface area contributed by atoms with Crippen molar-refractivity contribution in [1.82, 2.24) is 9.80 Å². The molecule has 1 aromatic carbocycles. The van der Waals surface area contributed by atoms with E-state index in [2.05, 4.69) is 15.9 Å². The van der Waals surface area contributed by atoms with Crippen molar-refractivity contribution < 1.29 is 14.0 Å². The highest BCUT2D eigenvalue weighted by Crippen LogP contribution is 2.29. The molecule has 3 rings (SSSR count). The van der Waals surface area contributed by atoms with Gasteiger partial charge in [0.15, 0.2) is 0 Å². The van der Waals surface area contributed by atoms with Crippen LogP contribution in [0.5, 0.6) is 0 Å². The predicted molar refractivity (Wildman–Crippen MR) is 69.8 cm³/mol. The summed E-state index contributed by atoms with van der Waals surface area (Å²) >= 11 is 3.31. The van der Waals surface area contributed by atoms with Crippen molar-refractivity contribution >= 4 is 27.9 Å². The molecule has 0 radical (unpaired) electrons. The molecule has 2 aliphatic heterocycles.